The van der Waals surface area contributed by atoms with Gasteiger partial charge in [-0.15, -0.1) is 0 Å². The quantitative estimate of drug-likeness (QED) is 0.806. The highest BCUT2D eigenvalue weighted by molar-refractivity contribution is 5.94. The zero-order valence-corrected chi connectivity index (χ0v) is 9.63. The summed E-state index contributed by atoms with van der Waals surface area (Å²) in [6.45, 7) is 2.56. The standard InChI is InChI=1S/C12H15FN2O2/c1-2-14-11(16)7-8-15-12(17)9-5-3-4-6-10(9)13/h3-6H,2,7-8H2,1H3,(H,14,16)(H,15,17). The average Bonchev–Trinajstić information content (AvgIpc) is 2.29. The first-order valence-electron chi connectivity index (χ1n) is 5.44. The summed E-state index contributed by atoms with van der Waals surface area (Å²) in [6, 6.07) is 5.72. The number of carbonyl (C=O) groups excluding carboxylic acids is 2. The molecule has 0 radical (unpaired) electrons. The number of halogens is 1. The Balaban J connectivity index is 2.41. The minimum Gasteiger partial charge on any atom is -0.356 e. The molecule has 0 spiro atoms. The fraction of sp³-hybridized carbons (Fsp3) is 0.333. The van der Waals surface area contributed by atoms with Crippen LogP contribution in [0.1, 0.15) is 23.7 Å². The number of carbonyl (C=O) groups is 2. The van der Waals surface area contributed by atoms with Crippen LogP contribution in [0.2, 0.25) is 0 Å². The Labute approximate surface area is 99.2 Å². The lowest BCUT2D eigenvalue weighted by atomic mass is 10.2. The van der Waals surface area contributed by atoms with Gasteiger partial charge in [-0.05, 0) is 19.1 Å². The van der Waals surface area contributed by atoms with Crippen molar-refractivity contribution in [3.63, 3.8) is 0 Å². The predicted molar refractivity (Wildman–Crippen MR) is 62.0 cm³/mol. The number of amides is 2. The van der Waals surface area contributed by atoms with E-state index in [2.05, 4.69) is 10.6 Å². The molecule has 0 heterocycles. The summed E-state index contributed by atoms with van der Waals surface area (Å²) in [5.41, 5.74) is -0.0107. The molecule has 17 heavy (non-hydrogen) atoms. The normalized spacial score (nSPS) is 9.76. The van der Waals surface area contributed by atoms with Gasteiger partial charge in [-0.25, -0.2) is 4.39 Å². The van der Waals surface area contributed by atoms with Crippen LogP contribution >= 0.6 is 0 Å². The first-order valence-corrected chi connectivity index (χ1v) is 5.44. The van der Waals surface area contributed by atoms with Crippen LogP contribution in [0, 0.1) is 5.82 Å². The SMILES string of the molecule is CCNC(=O)CCNC(=O)c1ccccc1F. The number of hydrogen-bond donors (Lipinski definition) is 2. The van der Waals surface area contributed by atoms with Gasteiger partial charge >= 0.3 is 0 Å². The summed E-state index contributed by atoms with van der Waals surface area (Å²) in [5, 5.41) is 5.10. The lowest BCUT2D eigenvalue weighted by Crippen LogP contribution is -2.30. The van der Waals surface area contributed by atoms with Crippen LogP contribution in [0.25, 0.3) is 0 Å². The fourth-order valence-corrected chi connectivity index (χ4v) is 1.32. The molecule has 92 valence electrons. The Morgan fingerprint density at radius 2 is 1.94 bits per heavy atom. The summed E-state index contributed by atoms with van der Waals surface area (Å²) in [7, 11) is 0. The second-order valence-electron chi connectivity index (χ2n) is 3.44. The highest BCUT2D eigenvalue weighted by Gasteiger charge is 2.10. The zero-order chi connectivity index (χ0) is 12.7. The molecule has 0 aliphatic rings. The van der Waals surface area contributed by atoms with E-state index in [4.69, 9.17) is 0 Å². The van der Waals surface area contributed by atoms with Gasteiger partial charge in [-0.1, -0.05) is 12.1 Å². The predicted octanol–water partition coefficient (Wildman–Crippen LogP) is 1.08. The average molecular weight is 238 g/mol. The molecule has 1 rings (SSSR count). The van der Waals surface area contributed by atoms with E-state index < -0.39 is 11.7 Å². The van der Waals surface area contributed by atoms with Crippen LogP contribution in [-0.4, -0.2) is 24.9 Å². The van der Waals surface area contributed by atoms with E-state index in [0.717, 1.165) is 0 Å². The molecule has 0 bridgehead atoms. The van der Waals surface area contributed by atoms with E-state index in [1.807, 2.05) is 6.92 Å². The van der Waals surface area contributed by atoms with E-state index in [1.165, 1.54) is 18.2 Å². The van der Waals surface area contributed by atoms with E-state index in [9.17, 15) is 14.0 Å². The molecule has 0 unspecified atom stereocenters. The van der Waals surface area contributed by atoms with Gasteiger partial charge in [0.25, 0.3) is 5.91 Å². The minimum absolute atomic E-state index is 0.0107. The van der Waals surface area contributed by atoms with Crippen molar-refractivity contribution >= 4 is 11.8 Å². The third-order valence-corrected chi connectivity index (χ3v) is 2.13. The van der Waals surface area contributed by atoms with Crippen molar-refractivity contribution in [2.45, 2.75) is 13.3 Å². The summed E-state index contributed by atoms with van der Waals surface area (Å²) in [6.07, 6.45) is 0.189. The minimum atomic E-state index is -0.567. The first kappa shape index (κ1) is 13.2. The number of nitrogens with one attached hydrogen (secondary N) is 2. The monoisotopic (exact) mass is 238 g/mol. The molecule has 0 aliphatic carbocycles. The van der Waals surface area contributed by atoms with E-state index >= 15 is 0 Å². The highest BCUT2D eigenvalue weighted by Crippen LogP contribution is 2.05. The van der Waals surface area contributed by atoms with Gasteiger partial charge < -0.3 is 10.6 Å². The van der Waals surface area contributed by atoms with Crippen molar-refractivity contribution in [1.82, 2.24) is 10.6 Å². The molecule has 4 nitrogen and oxygen atoms in total. The van der Waals surface area contributed by atoms with E-state index in [0.29, 0.717) is 6.54 Å². The van der Waals surface area contributed by atoms with Crippen LogP contribution in [-0.2, 0) is 4.79 Å². The van der Waals surface area contributed by atoms with E-state index in [1.54, 1.807) is 6.07 Å². The lowest BCUT2D eigenvalue weighted by molar-refractivity contribution is -0.120. The number of benzene rings is 1. The maximum atomic E-state index is 13.2. The summed E-state index contributed by atoms with van der Waals surface area (Å²) < 4.78 is 13.2. The Morgan fingerprint density at radius 1 is 1.24 bits per heavy atom. The van der Waals surface area contributed by atoms with Gasteiger partial charge in [0.1, 0.15) is 5.82 Å². The van der Waals surface area contributed by atoms with Crippen LogP contribution in [0.15, 0.2) is 24.3 Å². The molecule has 0 saturated carbocycles. The number of rotatable bonds is 5. The smallest absolute Gasteiger partial charge is 0.254 e. The van der Waals surface area contributed by atoms with Gasteiger partial charge in [-0.2, -0.15) is 0 Å². The van der Waals surface area contributed by atoms with E-state index in [-0.39, 0.29) is 24.4 Å². The molecule has 5 heteroatoms. The Hall–Kier alpha value is -1.91. The Morgan fingerprint density at radius 3 is 2.59 bits per heavy atom. The second-order valence-corrected chi connectivity index (χ2v) is 3.44. The van der Waals surface area contributed by atoms with Crippen molar-refractivity contribution in [1.29, 1.82) is 0 Å². The maximum absolute atomic E-state index is 13.2. The molecular formula is C12H15FN2O2. The van der Waals surface area contributed by atoms with Gasteiger partial charge in [0.15, 0.2) is 0 Å². The third-order valence-electron chi connectivity index (χ3n) is 2.13. The Kier molecular flexibility index (Phi) is 5.13. The summed E-state index contributed by atoms with van der Waals surface area (Å²) in [4.78, 5) is 22.6. The van der Waals surface area contributed by atoms with Crippen molar-refractivity contribution in [2.24, 2.45) is 0 Å². The molecule has 1 aromatic carbocycles. The van der Waals surface area contributed by atoms with Gasteiger partial charge in [0.05, 0.1) is 5.56 Å². The molecule has 0 atom stereocenters. The van der Waals surface area contributed by atoms with Gasteiger partial charge in [-0.3, -0.25) is 9.59 Å². The second kappa shape index (κ2) is 6.62. The van der Waals surface area contributed by atoms with Crippen molar-refractivity contribution < 1.29 is 14.0 Å². The highest BCUT2D eigenvalue weighted by atomic mass is 19.1. The van der Waals surface area contributed by atoms with Crippen LogP contribution < -0.4 is 10.6 Å². The molecule has 0 saturated heterocycles. The number of hydrogen-bond acceptors (Lipinski definition) is 2. The molecule has 2 amide bonds. The zero-order valence-electron chi connectivity index (χ0n) is 9.63. The van der Waals surface area contributed by atoms with Gasteiger partial charge in [0, 0.05) is 19.5 Å². The van der Waals surface area contributed by atoms with Crippen molar-refractivity contribution in [3.05, 3.63) is 35.6 Å². The Bertz CT molecular complexity index is 407. The molecule has 0 aliphatic heterocycles. The van der Waals surface area contributed by atoms with Crippen molar-refractivity contribution in [2.75, 3.05) is 13.1 Å². The molecule has 1 aromatic rings. The summed E-state index contributed by atoms with van der Waals surface area (Å²) >= 11 is 0. The van der Waals surface area contributed by atoms with Crippen molar-refractivity contribution in [3.8, 4) is 0 Å². The topological polar surface area (TPSA) is 58.2 Å². The maximum Gasteiger partial charge on any atom is 0.254 e. The lowest BCUT2D eigenvalue weighted by Gasteiger charge is -2.05. The first-order chi connectivity index (χ1) is 8.15. The summed E-state index contributed by atoms with van der Waals surface area (Å²) in [5.74, 6) is -1.21. The molecular weight excluding hydrogens is 223 g/mol. The fourth-order valence-electron chi connectivity index (χ4n) is 1.32. The van der Waals surface area contributed by atoms with Crippen LogP contribution in [0.4, 0.5) is 4.39 Å². The molecule has 0 fully saturated rings. The largest absolute Gasteiger partial charge is 0.356 e. The van der Waals surface area contributed by atoms with Crippen LogP contribution in [0.3, 0.4) is 0 Å². The van der Waals surface area contributed by atoms with Crippen LogP contribution in [0.5, 0.6) is 0 Å². The molecule has 2 N–H and O–H groups in total. The third kappa shape index (κ3) is 4.22. The molecule has 0 aromatic heterocycles. The van der Waals surface area contributed by atoms with Gasteiger partial charge in [0.2, 0.25) is 5.91 Å².